The summed E-state index contributed by atoms with van der Waals surface area (Å²) in [5.41, 5.74) is 4.04. The molecule has 174 valence electrons. The van der Waals surface area contributed by atoms with Crippen LogP contribution in [0.1, 0.15) is 11.1 Å². The van der Waals surface area contributed by atoms with Crippen molar-refractivity contribution in [2.24, 2.45) is 0 Å². The Morgan fingerprint density at radius 1 is 0.800 bits per heavy atom. The lowest BCUT2D eigenvalue weighted by molar-refractivity contribution is 0.628. The number of rotatable bonds is 6. The number of anilines is 2. The smallest absolute Gasteiger partial charge is 0.190 e. The molecule has 0 N–H and O–H groups in total. The number of aromatic nitrogens is 2. The number of thioether (sulfide) groups is 1. The van der Waals surface area contributed by atoms with Gasteiger partial charge in [-0.15, -0.1) is 0 Å². The Hall–Kier alpha value is -3.89. The van der Waals surface area contributed by atoms with E-state index in [1.807, 2.05) is 36.4 Å². The lowest BCUT2D eigenvalue weighted by atomic mass is 10.1. The third kappa shape index (κ3) is 5.28. The first-order valence-corrected chi connectivity index (χ1v) is 12.5. The summed E-state index contributed by atoms with van der Waals surface area (Å²) in [6, 6.07) is 29.0. The summed E-state index contributed by atoms with van der Waals surface area (Å²) in [5.74, 6) is 1.04. The standard InChI is InChI=1S/C28H24FN5S/c29-23-13-11-22(12-14-23)26-25(19-30)27(32-28(31-26)35-20-21-7-3-1-4-8-21)34-17-15-33(16-18-34)24-9-5-2-6-10-24/h1-14H,15-18,20H2. The van der Waals surface area contributed by atoms with E-state index in [0.717, 1.165) is 31.9 Å². The molecular formula is C28H24FN5S. The van der Waals surface area contributed by atoms with Crippen LogP contribution in [0, 0.1) is 17.1 Å². The SMILES string of the molecule is N#Cc1c(-c2ccc(F)cc2)nc(SCc2ccccc2)nc1N1CCN(c2ccccc2)CC1. The van der Waals surface area contributed by atoms with Crippen LogP contribution in [0.4, 0.5) is 15.9 Å². The minimum Gasteiger partial charge on any atom is -0.368 e. The molecule has 3 aromatic carbocycles. The van der Waals surface area contributed by atoms with Crippen LogP contribution in [0.25, 0.3) is 11.3 Å². The van der Waals surface area contributed by atoms with Gasteiger partial charge in [-0.2, -0.15) is 5.26 Å². The van der Waals surface area contributed by atoms with Gasteiger partial charge in [-0.25, -0.2) is 14.4 Å². The van der Waals surface area contributed by atoms with Crippen molar-refractivity contribution in [3.8, 4) is 17.3 Å². The maximum Gasteiger partial charge on any atom is 0.190 e. The highest BCUT2D eigenvalue weighted by Crippen LogP contribution is 2.33. The molecule has 2 heterocycles. The van der Waals surface area contributed by atoms with Gasteiger partial charge in [0.1, 0.15) is 17.4 Å². The molecule has 0 radical (unpaired) electrons. The molecule has 5 nitrogen and oxygen atoms in total. The van der Waals surface area contributed by atoms with Crippen molar-refractivity contribution in [1.29, 1.82) is 5.26 Å². The molecule has 0 saturated carbocycles. The zero-order chi connectivity index (χ0) is 24.0. The minimum atomic E-state index is -0.322. The number of piperazine rings is 1. The van der Waals surface area contributed by atoms with E-state index in [-0.39, 0.29) is 5.82 Å². The monoisotopic (exact) mass is 481 g/mol. The third-order valence-corrected chi connectivity index (χ3v) is 6.93. The van der Waals surface area contributed by atoms with Crippen LogP contribution in [-0.4, -0.2) is 36.1 Å². The molecule has 4 aromatic rings. The van der Waals surface area contributed by atoms with Crippen LogP contribution < -0.4 is 9.80 Å². The normalized spacial score (nSPS) is 13.5. The van der Waals surface area contributed by atoms with Crippen LogP contribution in [0.5, 0.6) is 0 Å². The highest BCUT2D eigenvalue weighted by atomic mass is 32.2. The largest absolute Gasteiger partial charge is 0.368 e. The highest BCUT2D eigenvalue weighted by Gasteiger charge is 2.24. The second kappa shape index (κ2) is 10.6. The molecule has 5 rings (SSSR count). The first-order chi connectivity index (χ1) is 17.2. The van der Waals surface area contributed by atoms with Gasteiger partial charge < -0.3 is 9.80 Å². The summed E-state index contributed by atoms with van der Waals surface area (Å²) in [6.07, 6.45) is 0. The topological polar surface area (TPSA) is 56.1 Å². The van der Waals surface area contributed by atoms with E-state index in [1.165, 1.54) is 35.1 Å². The average Bonchev–Trinajstić information content (AvgIpc) is 2.93. The second-order valence-corrected chi connectivity index (χ2v) is 9.20. The van der Waals surface area contributed by atoms with Gasteiger partial charge in [-0.05, 0) is 42.0 Å². The molecule has 0 unspecified atom stereocenters. The van der Waals surface area contributed by atoms with E-state index in [9.17, 15) is 9.65 Å². The minimum absolute atomic E-state index is 0.322. The van der Waals surface area contributed by atoms with Gasteiger partial charge in [-0.1, -0.05) is 60.3 Å². The summed E-state index contributed by atoms with van der Waals surface area (Å²) in [5, 5.41) is 10.7. The molecule has 1 saturated heterocycles. The molecule has 1 aromatic heterocycles. The Bertz CT molecular complexity index is 1320. The number of hydrogen-bond acceptors (Lipinski definition) is 6. The number of benzene rings is 3. The van der Waals surface area contributed by atoms with Crippen molar-refractivity contribution >= 4 is 23.3 Å². The maximum absolute atomic E-state index is 13.6. The summed E-state index contributed by atoms with van der Waals surface area (Å²) < 4.78 is 13.6. The van der Waals surface area contributed by atoms with Gasteiger partial charge in [0.15, 0.2) is 11.0 Å². The zero-order valence-corrected chi connectivity index (χ0v) is 20.0. The van der Waals surface area contributed by atoms with Gasteiger partial charge in [0.05, 0.1) is 5.69 Å². The molecule has 0 spiro atoms. The Morgan fingerprint density at radius 3 is 2.09 bits per heavy atom. The van der Waals surface area contributed by atoms with Gasteiger partial charge in [0.2, 0.25) is 0 Å². The lowest BCUT2D eigenvalue weighted by Crippen LogP contribution is -2.47. The second-order valence-electron chi connectivity index (χ2n) is 8.26. The van der Waals surface area contributed by atoms with Gasteiger partial charge in [-0.3, -0.25) is 0 Å². The van der Waals surface area contributed by atoms with Crippen molar-refractivity contribution < 1.29 is 4.39 Å². The maximum atomic E-state index is 13.6. The number of nitrogens with zero attached hydrogens (tertiary/aromatic N) is 5. The molecule has 35 heavy (non-hydrogen) atoms. The predicted octanol–water partition coefficient (Wildman–Crippen LogP) is 5.77. The predicted molar refractivity (Wildman–Crippen MR) is 139 cm³/mol. The molecule has 0 aliphatic carbocycles. The van der Waals surface area contributed by atoms with E-state index in [0.29, 0.717) is 27.8 Å². The molecule has 7 heteroatoms. The first-order valence-electron chi connectivity index (χ1n) is 11.5. The number of nitriles is 1. The van der Waals surface area contributed by atoms with Crippen molar-refractivity contribution in [2.75, 3.05) is 36.0 Å². The van der Waals surface area contributed by atoms with E-state index in [2.05, 4.69) is 40.1 Å². The summed E-state index contributed by atoms with van der Waals surface area (Å²) in [4.78, 5) is 14.1. The van der Waals surface area contributed by atoms with Crippen molar-refractivity contribution in [3.63, 3.8) is 0 Å². The molecular weight excluding hydrogens is 457 g/mol. The quantitative estimate of drug-likeness (QED) is 0.257. The van der Waals surface area contributed by atoms with Crippen LogP contribution in [0.3, 0.4) is 0 Å². The Balaban J connectivity index is 1.47. The van der Waals surface area contributed by atoms with Crippen LogP contribution in [-0.2, 0) is 5.75 Å². The van der Waals surface area contributed by atoms with Gasteiger partial charge in [0.25, 0.3) is 0 Å². The fraction of sp³-hybridized carbons (Fsp3) is 0.179. The van der Waals surface area contributed by atoms with E-state index in [1.54, 1.807) is 12.1 Å². The molecule has 1 fully saturated rings. The number of halogens is 1. The lowest BCUT2D eigenvalue weighted by Gasteiger charge is -2.37. The number of para-hydroxylation sites is 1. The van der Waals surface area contributed by atoms with Crippen molar-refractivity contribution in [3.05, 3.63) is 102 Å². The highest BCUT2D eigenvalue weighted by molar-refractivity contribution is 7.98. The summed E-state index contributed by atoms with van der Waals surface area (Å²) >= 11 is 1.54. The zero-order valence-electron chi connectivity index (χ0n) is 19.1. The molecule has 1 aliphatic rings. The van der Waals surface area contributed by atoms with Gasteiger partial charge in [0, 0.05) is 43.2 Å². The fourth-order valence-corrected chi connectivity index (χ4v) is 4.97. The number of hydrogen-bond donors (Lipinski definition) is 0. The average molecular weight is 482 g/mol. The van der Waals surface area contributed by atoms with Crippen LogP contribution >= 0.6 is 11.8 Å². The fourth-order valence-electron chi connectivity index (χ4n) is 4.18. The van der Waals surface area contributed by atoms with E-state index in [4.69, 9.17) is 9.97 Å². The summed E-state index contributed by atoms with van der Waals surface area (Å²) in [7, 11) is 0. The van der Waals surface area contributed by atoms with Crippen LogP contribution in [0.2, 0.25) is 0 Å². The molecule has 1 aliphatic heterocycles. The van der Waals surface area contributed by atoms with E-state index >= 15 is 0 Å². The van der Waals surface area contributed by atoms with Crippen molar-refractivity contribution in [2.45, 2.75) is 10.9 Å². The van der Waals surface area contributed by atoms with E-state index < -0.39 is 0 Å². The third-order valence-electron chi connectivity index (χ3n) is 6.01. The Labute approximate surface area is 208 Å². The Kier molecular flexibility index (Phi) is 6.92. The van der Waals surface area contributed by atoms with Crippen LogP contribution in [0.15, 0.2) is 90.1 Å². The molecule has 0 bridgehead atoms. The molecule has 0 amide bonds. The first kappa shape index (κ1) is 22.9. The summed E-state index contributed by atoms with van der Waals surface area (Å²) in [6.45, 7) is 3.15. The van der Waals surface area contributed by atoms with Crippen molar-refractivity contribution in [1.82, 2.24) is 9.97 Å². The van der Waals surface area contributed by atoms with Gasteiger partial charge >= 0.3 is 0 Å². The molecule has 0 atom stereocenters. The Morgan fingerprint density at radius 2 is 1.43 bits per heavy atom.